The maximum atomic E-state index is 6.33. The predicted molar refractivity (Wildman–Crippen MR) is 427 cm³/mol. The van der Waals surface area contributed by atoms with Gasteiger partial charge in [-0.1, -0.05) is 255 Å². The van der Waals surface area contributed by atoms with Crippen LogP contribution in [0.2, 0.25) is 0 Å². The number of fused-ring (bicyclic) bond motifs is 20. The van der Waals surface area contributed by atoms with Gasteiger partial charge in [-0.3, -0.25) is 0 Å². The smallest absolute Gasteiger partial charge is 0.143 e. The lowest BCUT2D eigenvalue weighted by Gasteiger charge is -2.11. The summed E-state index contributed by atoms with van der Waals surface area (Å²) < 4.78 is 22.1. The van der Waals surface area contributed by atoms with E-state index in [1.807, 2.05) is 24.3 Å². The van der Waals surface area contributed by atoms with Crippen LogP contribution in [0.4, 0.5) is 0 Å². The van der Waals surface area contributed by atoms with Crippen molar-refractivity contribution in [1.29, 1.82) is 0 Å². The van der Waals surface area contributed by atoms with E-state index < -0.39 is 0 Å². The first kappa shape index (κ1) is 57.4. The fourth-order valence-corrected chi connectivity index (χ4v) is 16.4. The maximum absolute atomic E-state index is 6.33. The van der Waals surface area contributed by atoms with E-state index in [2.05, 4.69) is 358 Å². The van der Waals surface area contributed by atoms with Crippen molar-refractivity contribution in [3.8, 4) is 67.3 Å². The first-order valence-corrected chi connectivity index (χ1v) is 34.9. The molecule has 0 N–H and O–H groups in total. The Hall–Kier alpha value is -13.7. The molecule has 22 aromatic rings. The Labute approximate surface area is 585 Å². The van der Waals surface area contributed by atoms with Gasteiger partial charge in [0.05, 0.1) is 44.1 Å². The number of rotatable bonds is 8. The highest BCUT2D eigenvalue weighted by Crippen LogP contribution is 2.46. The Bertz CT molecular complexity index is 7060. The molecule has 0 atom stereocenters. The third-order valence-electron chi connectivity index (χ3n) is 21.1. The molecule has 22 rings (SSSR count). The normalized spacial score (nSPS) is 11.9. The van der Waals surface area contributed by atoms with E-state index >= 15 is 0 Å². The largest absolute Gasteiger partial charge is 0.456 e. The van der Waals surface area contributed by atoms with Crippen molar-refractivity contribution in [2.45, 2.75) is 0 Å². The molecule has 0 unspecified atom stereocenters. The average molecular weight is 1300 g/mol. The molecule has 6 heteroatoms. The van der Waals surface area contributed by atoms with Crippen LogP contribution in [0.1, 0.15) is 0 Å². The molecule has 0 saturated carbocycles. The SMILES string of the molecule is c1ccc(-n2c3ccccc3c3ccc4c(c5ccccc5n4-c4ccc(-c5ccc(-c6ccc7oc8ccccc8c7c6)cc5)cc4)c32)cc1.c1ccc(-n2c3ccccc3c3ccc4c(c5ccccc5n4-c4ccc(-c5ccc(-c6cccc7c6oc6ccccc67)cc5)cc4)c32)cc1. The van der Waals surface area contributed by atoms with Gasteiger partial charge in [0, 0.05) is 92.9 Å². The van der Waals surface area contributed by atoms with Crippen molar-refractivity contribution >= 4 is 131 Å². The van der Waals surface area contributed by atoms with Crippen LogP contribution in [0.5, 0.6) is 0 Å². The molecule has 6 heterocycles. The Morgan fingerprint density at radius 3 is 1.01 bits per heavy atom. The second-order valence-electron chi connectivity index (χ2n) is 26.6. The lowest BCUT2D eigenvalue weighted by atomic mass is 9.98. The number of hydrogen-bond donors (Lipinski definition) is 0. The van der Waals surface area contributed by atoms with Crippen molar-refractivity contribution in [1.82, 2.24) is 18.3 Å². The minimum Gasteiger partial charge on any atom is -0.456 e. The van der Waals surface area contributed by atoms with E-state index in [1.165, 1.54) is 126 Å². The summed E-state index contributed by atoms with van der Waals surface area (Å²) in [6.07, 6.45) is 0. The summed E-state index contributed by atoms with van der Waals surface area (Å²) in [6.45, 7) is 0. The molecule has 476 valence electrons. The fraction of sp³-hybridized carbons (Fsp3) is 0. The molecule has 0 fully saturated rings. The van der Waals surface area contributed by atoms with E-state index in [0.29, 0.717) is 0 Å². The summed E-state index contributed by atoms with van der Waals surface area (Å²) >= 11 is 0. The van der Waals surface area contributed by atoms with Gasteiger partial charge in [0.25, 0.3) is 0 Å². The standard InChI is InChI=1S/2C48H30N2O/c1-2-11-34(12-3-1)50-42-18-7-4-13-37(42)39-29-30-44-46(47(39)50)41-15-5-8-19-43(41)49(44)35-27-25-32(26-28-35)31-21-23-33(24-22-31)36-16-10-17-40-38-14-6-9-20-45(38)51-48(36)40;1-2-10-35(11-3-1)50-42-15-7-4-12-37(42)39-27-28-44-47(48(39)50)40-14-5-8-16-43(40)49(44)36-25-22-32(23-26-36)31-18-20-33(21-19-31)34-24-29-46-41(30-34)38-13-6-9-17-45(38)51-46/h2*1-30H. The molecular formula is C96H60N4O2. The molecule has 0 spiro atoms. The Morgan fingerprint density at radius 2 is 0.520 bits per heavy atom. The summed E-state index contributed by atoms with van der Waals surface area (Å²) in [4.78, 5) is 0. The summed E-state index contributed by atoms with van der Waals surface area (Å²) in [6, 6.07) is 131. The van der Waals surface area contributed by atoms with Crippen molar-refractivity contribution in [3.63, 3.8) is 0 Å². The van der Waals surface area contributed by atoms with Gasteiger partial charge in [0.15, 0.2) is 0 Å². The summed E-state index contributed by atoms with van der Waals surface area (Å²) in [5.41, 5.74) is 27.4. The highest BCUT2D eigenvalue weighted by molar-refractivity contribution is 6.28. The Kier molecular flexibility index (Phi) is 12.9. The molecule has 0 aliphatic rings. The van der Waals surface area contributed by atoms with Gasteiger partial charge >= 0.3 is 0 Å². The zero-order valence-corrected chi connectivity index (χ0v) is 55.2. The summed E-state index contributed by atoms with van der Waals surface area (Å²) in [5, 5.41) is 14.7. The minimum atomic E-state index is 0.919. The number of hydrogen-bond acceptors (Lipinski definition) is 2. The van der Waals surface area contributed by atoms with Crippen molar-refractivity contribution in [3.05, 3.63) is 364 Å². The molecule has 0 radical (unpaired) electrons. The number of nitrogens with zero attached hydrogens (tertiary/aromatic N) is 4. The first-order chi connectivity index (χ1) is 50.6. The molecule has 0 aliphatic carbocycles. The Morgan fingerprint density at radius 1 is 0.176 bits per heavy atom. The minimum absolute atomic E-state index is 0.919. The summed E-state index contributed by atoms with van der Waals surface area (Å²) in [5.74, 6) is 0. The monoisotopic (exact) mass is 1300 g/mol. The third kappa shape index (κ3) is 8.93. The number of furan rings is 2. The molecule has 6 nitrogen and oxygen atoms in total. The van der Waals surface area contributed by atoms with Crippen LogP contribution in [0.3, 0.4) is 0 Å². The Balaban J connectivity index is 0.000000133. The first-order valence-electron chi connectivity index (χ1n) is 34.9. The van der Waals surface area contributed by atoms with Crippen LogP contribution in [-0.2, 0) is 0 Å². The number of para-hydroxylation sites is 9. The second-order valence-corrected chi connectivity index (χ2v) is 26.6. The molecule has 0 aliphatic heterocycles. The van der Waals surface area contributed by atoms with E-state index in [-0.39, 0.29) is 0 Å². The van der Waals surface area contributed by atoms with Crippen LogP contribution in [-0.4, -0.2) is 18.3 Å². The highest BCUT2D eigenvalue weighted by atomic mass is 16.3. The van der Waals surface area contributed by atoms with Crippen LogP contribution in [0, 0.1) is 0 Å². The zero-order valence-electron chi connectivity index (χ0n) is 55.2. The fourth-order valence-electron chi connectivity index (χ4n) is 16.4. The lowest BCUT2D eigenvalue weighted by Crippen LogP contribution is -1.95. The van der Waals surface area contributed by atoms with E-state index in [0.717, 1.165) is 72.1 Å². The molecule has 102 heavy (non-hydrogen) atoms. The quantitative estimate of drug-likeness (QED) is 0.152. The lowest BCUT2D eigenvalue weighted by molar-refractivity contribution is 0.669. The number of aromatic nitrogens is 4. The van der Waals surface area contributed by atoms with Crippen molar-refractivity contribution in [2.24, 2.45) is 0 Å². The van der Waals surface area contributed by atoms with Gasteiger partial charge in [0.1, 0.15) is 22.3 Å². The molecule has 0 amide bonds. The zero-order chi connectivity index (χ0) is 66.9. The molecule has 6 aromatic heterocycles. The van der Waals surface area contributed by atoms with Gasteiger partial charge in [-0.05, 0) is 148 Å². The predicted octanol–water partition coefficient (Wildman–Crippen LogP) is 26.2. The van der Waals surface area contributed by atoms with Gasteiger partial charge < -0.3 is 27.1 Å². The van der Waals surface area contributed by atoms with Crippen LogP contribution in [0.15, 0.2) is 373 Å². The van der Waals surface area contributed by atoms with E-state index in [9.17, 15) is 0 Å². The van der Waals surface area contributed by atoms with Crippen molar-refractivity contribution in [2.75, 3.05) is 0 Å². The molecule has 0 saturated heterocycles. The highest BCUT2D eigenvalue weighted by Gasteiger charge is 2.24. The second kappa shape index (κ2) is 23.0. The van der Waals surface area contributed by atoms with Crippen LogP contribution in [0.25, 0.3) is 198 Å². The van der Waals surface area contributed by atoms with E-state index in [4.69, 9.17) is 8.83 Å². The topological polar surface area (TPSA) is 46.0 Å². The summed E-state index contributed by atoms with van der Waals surface area (Å²) in [7, 11) is 0. The van der Waals surface area contributed by atoms with Gasteiger partial charge in [-0.25, -0.2) is 0 Å². The van der Waals surface area contributed by atoms with Gasteiger partial charge in [-0.15, -0.1) is 0 Å². The molecular weight excluding hydrogens is 1240 g/mol. The van der Waals surface area contributed by atoms with E-state index in [1.54, 1.807) is 0 Å². The molecule has 16 aromatic carbocycles. The van der Waals surface area contributed by atoms with Gasteiger partial charge in [-0.2, -0.15) is 0 Å². The maximum Gasteiger partial charge on any atom is 0.143 e. The van der Waals surface area contributed by atoms with Crippen molar-refractivity contribution < 1.29 is 8.83 Å². The third-order valence-corrected chi connectivity index (χ3v) is 21.1. The number of benzene rings is 16. The van der Waals surface area contributed by atoms with Crippen LogP contribution >= 0.6 is 0 Å². The van der Waals surface area contributed by atoms with Crippen LogP contribution < -0.4 is 0 Å². The average Bonchev–Trinajstić information content (AvgIpc) is 1.55. The molecule has 0 bridgehead atoms. The van der Waals surface area contributed by atoms with Gasteiger partial charge in [0.2, 0.25) is 0 Å².